The molecule has 0 aromatic heterocycles. The number of carbonyl (C=O) groups is 1. The maximum atomic E-state index is 11.9. The molecule has 22 heavy (non-hydrogen) atoms. The van der Waals surface area contributed by atoms with Gasteiger partial charge in [-0.15, -0.1) is 0 Å². The zero-order valence-corrected chi connectivity index (χ0v) is 13.9. The molecule has 2 aromatic carbocycles. The van der Waals surface area contributed by atoms with Gasteiger partial charge in [0.15, 0.2) is 0 Å². The van der Waals surface area contributed by atoms with Gasteiger partial charge in [0.05, 0.1) is 17.8 Å². The standard InChI is InChI=1S/C15H12BrClN2O3/c1-22-12-4-2-9(3-5-12)15(21)19-18-8-10-6-11(17)7-13(16)14(10)20/h2-8,20H,1H3,(H,19,21). The quantitative estimate of drug-likeness (QED) is 0.626. The number of benzene rings is 2. The zero-order valence-electron chi connectivity index (χ0n) is 11.5. The lowest BCUT2D eigenvalue weighted by Crippen LogP contribution is -2.17. The summed E-state index contributed by atoms with van der Waals surface area (Å²) in [7, 11) is 1.55. The van der Waals surface area contributed by atoms with Gasteiger partial charge >= 0.3 is 0 Å². The first-order valence-electron chi connectivity index (χ1n) is 6.16. The minimum Gasteiger partial charge on any atom is -0.506 e. The van der Waals surface area contributed by atoms with Crippen LogP contribution in [0.1, 0.15) is 15.9 Å². The molecule has 0 atom stereocenters. The lowest BCUT2D eigenvalue weighted by Gasteiger charge is -2.04. The second-order valence-electron chi connectivity index (χ2n) is 4.25. The minimum atomic E-state index is -0.375. The molecule has 0 bridgehead atoms. The molecule has 2 N–H and O–H groups in total. The molecule has 0 radical (unpaired) electrons. The van der Waals surface area contributed by atoms with Gasteiger partial charge in [0.2, 0.25) is 0 Å². The number of phenols is 1. The monoisotopic (exact) mass is 382 g/mol. The number of ether oxygens (including phenoxy) is 1. The van der Waals surface area contributed by atoms with Crippen molar-refractivity contribution < 1.29 is 14.6 Å². The average molecular weight is 384 g/mol. The van der Waals surface area contributed by atoms with E-state index >= 15 is 0 Å². The van der Waals surface area contributed by atoms with Crippen molar-refractivity contribution in [3.8, 4) is 11.5 Å². The van der Waals surface area contributed by atoms with Gasteiger partial charge in [0.25, 0.3) is 5.91 Å². The van der Waals surface area contributed by atoms with E-state index in [-0.39, 0.29) is 11.7 Å². The summed E-state index contributed by atoms with van der Waals surface area (Å²) >= 11 is 9.06. The van der Waals surface area contributed by atoms with E-state index in [4.69, 9.17) is 16.3 Å². The van der Waals surface area contributed by atoms with Gasteiger partial charge in [-0.1, -0.05) is 11.6 Å². The number of hydrogen-bond acceptors (Lipinski definition) is 4. The number of halogens is 2. The molecule has 0 aliphatic rings. The van der Waals surface area contributed by atoms with E-state index in [0.717, 1.165) is 0 Å². The molecule has 0 unspecified atom stereocenters. The van der Waals surface area contributed by atoms with Gasteiger partial charge in [-0.2, -0.15) is 5.10 Å². The van der Waals surface area contributed by atoms with Gasteiger partial charge in [0.1, 0.15) is 11.5 Å². The Labute approximate surface area is 140 Å². The third-order valence-electron chi connectivity index (χ3n) is 2.78. The molecule has 1 amide bonds. The Morgan fingerprint density at radius 3 is 2.68 bits per heavy atom. The number of nitrogens with one attached hydrogen (secondary N) is 1. The topological polar surface area (TPSA) is 70.9 Å². The van der Waals surface area contributed by atoms with Crippen molar-refractivity contribution in [1.82, 2.24) is 5.43 Å². The highest BCUT2D eigenvalue weighted by Gasteiger charge is 2.07. The summed E-state index contributed by atoms with van der Waals surface area (Å²) in [5.74, 6) is 0.278. The van der Waals surface area contributed by atoms with Crippen LogP contribution >= 0.6 is 27.5 Å². The first-order valence-corrected chi connectivity index (χ1v) is 7.34. The number of aromatic hydroxyl groups is 1. The SMILES string of the molecule is COc1ccc(C(=O)NN=Cc2cc(Cl)cc(Br)c2O)cc1. The number of methoxy groups -OCH3 is 1. The van der Waals surface area contributed by atoms with Crippen molar-refractivity contribution in [3.63, 3.8) is 0 Å². The number of hydrogen-bond donors (Lipinski definition) is 2. The van der Waals surface area contributed by atoms with Crippen LogP contribution in [0.5, 0.6) is 11.5 Å². The van der Waals surface area contributed by atoms with Gasteiger partial charge in [0, 0.05) is 16.1 Å². The maximum Gasteiger partial charge on any atom is 0.271 e. The molecule has 114 valence electrons. The Morgan fingerprint density at radius 2 is 2.05 bits per heavy atom. The summed E-state index contributed by atoms with van der Waals surface area (Å²) in [6.45, 7) is 0. The molecular weight excluding hydrogens is 372 g/mol. The fraction of sp³-hybridized carbons (Fsp3) is 0.0667. The molecular formula is C15H12BrClN2O3. The first-order chi connectivity index (χ1) is 10.5. The lowest BCUT2D eigenvalue weighted by molar-refractivity contribution is 0.0955. The van der Waals surface area contributed by atoms with E-state index in [9.17, 15) is 9.90 Å². The average Bonchev–Trinajstić information content (AvgIpc) is 2.51. The molecule has 0 fully saturated rings. The highest BCUT2D eigenvalue weighted by atomic mass is 79.9. The van der Waals surface area contributed by atoms with Crippen molar-refractivity contribution in [2.75, 3.05) is 7.11 Å². The molecule has 7 heteroatoms. The molecule has 0 saturated heterocycles. The minimum absolute atomic E-state index is 0.00755. The molecule has 0 heterocycles. The summed E-state index contributed by atoms with van der Waals surface area (Å²) in [5.41, 5.74) is 3.19. The van der Waals surface area contributed by atoms with Crippen LogP contribution in [0.25, 0.3) is 0 Å². The molecule has 5 nitrogen and oxygen atoms in total. The van der Waals surface area contributed by atoms with Crippen LogP contribution in [0.2, 0.25) is 5.02 Å². The largest absolute Gasteiger partial charge is 0.506 e. The van der Waals surface area contributed by atoms with Crippen LogP contribution in [-0.2, 0) is 0 Å². The maximum absolute atomic E-state index is 11.9. The highest BCUT2D eigenvalue weighted by molar-refractivity contribution is 9.10. The van der Waals surface area contributed by atoms with E-state index < -0.39 is 0 Å². The van der Waals surface area contributed by atoms with Gasteiger partial charge in [-0.25, -0.2) is 5.43 Å². The van der Waals surface area contributed by atoms with Gasteiger partial charge < -0.3 is 9.84 Å². The number of carbonyl (C=O) groups excluding carboxylic acids is 1. The lowest BCUT2D eigenvalue weighted by atomic mass is 10.2. The van der Waals surface area contributed by atoms with Crippen molar-refractivity contribution in [3.05, 3.63) is 57.0 Å². The Hall–Kier alpha value is -2.05. The summed E-state index contributed by atoms with van der Waals surface area (Å²) in [5, 5.41) is 14.1. The second-order valence-corrected chi connectivity index (χ2v) is 5.54. The summed E-state index contributed by atoms with van der Waals surface area (Å²) in [6, 6.07) is 9.69. The van der Waals surface area contributed by atoms with Gasteiger partial charge in [-0.3, -0.25) is 4.79 Å². The predicted molar refractivity (Wildman–Crippen MR) is 88.9 cm³/mol. The summed E-state index contributed by atoms with van der Waals surface area (Å²) in [4.78, 5) is 11.9. The van der Waals surface area contributed by atoms with Crippen LogP contribution in [-0.4, -0.2) is 24.3 Å². The zero-order chi connectivity index (χ0) is 16.1. The molecule has 0 saturated carbocycles. The highest BCUT2D eigenvalue weighted by Crippen LogP contribution is 2.30. The fourth-order valence-corrected chi connectivity index (χ4v) is 2.49. The van der Waals surface area contributed by atoms with Crippen LogP contribution in [0.4, 0.5) is 0 Å². The number of phenolic OH excluding ortho intramolecular Hbond substituents is 1. The first kappa shape index (κ1) is 16.3. The molecule has 0 aliphatic heterocycles. The van der Waals surface area contributed by atoms with Crippen LogP contribution in [0.15, 0.2) is 46.0 Å². The van der Waals surface area contributed by atoms with Crippen molar-refractivity contribution >= 4 is 39.7 Å². The van der Waals surface area contributed by atoms with Crippen LogP contribution < -0.4 is 10.2 Å². The molecule has 2 rings (SSSR count). The normalized spacial score (nSPS) is 10.7. The number of amides is 1. The predicted octanol–water partition coefficient (Wildman–Crippen LogP) is 3.58. The van der Waals surface area contributed by atoms with E-state index in [0.29, 0.717) is 26.4 Å². The number of nitrogens with zero attached hydrogens (tertiary/aromatic N) is 1. The van der Waals surface area contributed by atoms with E-state index in [2.05, 4.69) is 26.5 Å². The van der Waals surface area contributed by atoms with E-state index in [1.165, 1.54) is 12.3 Å². The molecule has 0 spiro atoms. The van der Waals surface area contributed by atoms with Crippen molar-refractivity contribution in [2.45, 2.75) is 0 Å². The molecule has 2 aromatic rings. The van der Waals surface area contributed by atoms with Crippen molar-refractivity contribution in [2.24, 2.45) is 5.10 Å². The molecule has 0 aliphatic carbocycles. The second kappa shape index (κ2) is 7.29. The Morgan fingerprint density at radius 1 is 1.36 bits per heavy atom. The summed E-state index contributed by atoms with van der Waals surface area (Å²) < 4.78 is 5.46. The number of hydrazone groups is 1. The third kappa shape index (κ3) is 3.99. The Kier molecular flexibility index (Phi) is 5.41. The summed E-state index contributed by atoms with van der Waals surface area (Å²) in [6.07, 6.45) is 1.31. The van der Waals surface area contributed by atoms with Gasteiger partial charge in [-0.05, 0) is 52.3 Å². The Bertz CT molecular complexity index is 717. The van der Waals surface area contributed by atoms with Crippen molar-refractivity contribution in [1.29, 1.82) is 0 Å². The van der Waals surface area contributed by atoms with E-state index in [1.807, 2.05) is 0 Å². The smallest absolute Gasteiger partial charge is 0.271 e. The van der Waals surface area contributed by atoms with E-state index in [1.54, 1.807) is 37.4 Å². The third-order valence-corrected chi connectivity index (χ3v) is 3.60. The number of rotatable bonds is 4. The van der Waals surface area contributed by atoms with Crippen LogP contribution in [0, 0.1) is 0 Å². The van der Waals surface area contributed by atoms with Crippen LogP contribution in [0.3, 0.4) is 0 Å². The Balaban J connectivity index is 2.07. The fourth-order valence-electron chi connectivity index (χ4n) is 1.65.